The number of nitrogens with two attached hydrogens (primary N) is 1. The number of benzene rings is 1. The summed E-state index contributed by atoms with van der Waals surface area (Å²) < 4.78 is 5.45. The van der Waals surface area contributed by atoms with E-state index in [9.17, 15) is 4.79 Å². The summed E-state index contributed by atoms with van der Waals surface area (Å²) in [5.74, 6) is 0.124. The second-order valence-corrected chi connectivity index (χ2v) is 6.05. The summed E-state index contributed by atoms with van der Waals surface area (Å²) >= 11 is 23.6. The minimum absolute atomic E-state index is 0.165. The van der Waals surface area contributed by atoms with Crippen LogP contribution in [0.4, 0.5) is 5.82 Å². The molecule has 0 bridgehead atoms. The summed E-state index contributed by atoms with van der Waals surface area (Å²) in [6, 6.07) is 4.48. The van der Waals surface area contributed by atoms with E-state index >= 15 is 0 Å². The van der Waals surface area contributed by atoms with Gasteiger partial charge in [-0.25, -0.2) is 4.98 Å². The quantitative estimate of drug-likeness (QED) is 0.748. The van der Waals surface area contributed by atoms with Gasteiger partial charge in [-0.3, -0.25) is 4.79 Å². The number of pyridine rings is 1. The molecule has 0 aliphatic heterocycles. The van der Waals surface area contributed by atoms with Crippen LogP contribution in [0.2, 0.25) is 20.1 Å². The van der Waals surface area contributed by atoms with Crippen molar-refractivity contribution in [3.63, 3.8) is 0 Å². The van der Waals surface area contributed by atoms with E-state index in [1.54, 1.807) is 0 Å². The summed E-state index contributed by atoms with van der Waals surface area (Å²) in [6.45, 7) is 0.402. The highest BCUT2D eigenvalue weighted by atomic mass is 35.5. The molecule has 0 radical (unpaired) electrons. The maximum Gasteiger partial charge on any atom is 0.253 e. The molecule has 0 fully saturated rings. The second kappa shape index (κ2) is 7.93. The molecule has 5 nitrogen and oxygen atoms in total. The van der Waals surface area contributed by atoms with Gasteiger partial charge in [0.15, 0.2) is 5.75 Å². The Morgan fingerprint density at radius 1 is 1.13 bits per heavy atom. The highest BCUT2D eigenvalue weighted by Gasteiger charge is 2.11. The molecule has 0 unspecified atom stereocenters. The zero-order valence-corrected chi connectivity index (χ0v) is 14.6. The number of hydrogen-bond acceptors (Lipinski definition) is 4. The van der Waals surface area contributed by atoms with Crippen molar-refractivity contribution in [3.8, 4) is 5.75 Å². The van der Waals surface area contributed by atoms with Crippen molar-refractivity contribution in [2.75, 3.05) is 18.9 Å². The van der Waals surface area contributed by atoms with Crippen molar-refractivity contribution < 1.29 is 9.53 Å². The normalized spacial score (nSPS) is 10.4. The second-order valence-electron chi connectivity index (χ2n) is 4.39. The predicted octanol–water partition coefficient (Wildman–Crippen LogP) is 4.09. The van der Waals surface area contributed by atoms with Crippen LogP contribution in [-0.4, -0.2) is 24.0 Å². The average Bonchev–Trinajstić information content (AvgIpc) is 2.48. The smallest absolute Gasteiger partial charge is 0.253 e. The van der Waals surface area contributed by atoms with Gasteiger partial charge >= 0.3 is 0 Å². The summed E-state index contributed by atoms with van der Waals surface area (Å²) in [5, 5.41) is 3.87. The van der Waals surface area contributed by atoms with Crippen molar-refractivity contribution in [1.82, 2.24) is 10.3 Å². The van der Waals surface area contributed by atoms with E-state index in [1.807, 2.05) is 0 Å². The first-order valence-corrected chi connectivity index (χ1v) is 7.86. The molecule has 1 aromatic carbocycles. The van der Waals surface area contributed by atoms with Crippen LogP contribution in [0, 0.1) is 0 Å². The van der Waals surface area contributed by atoms with E-state index in [0.717, 1.165) is 0 Å². The molecule has 0 saturated carbocycles. The Hall–Kier alpha value is -1.40. The lowest BCUT2D eigenvalue weighted by Crippen LogP contribution is -2.28. The highest BCUT2D eigenvalue weighted by Crippen LogP contribution is 2.35. The lowest BCUT2D eigenvalue weighted by molar-refractivity contribution is 0.0946. The fourth-order valence-corrected chi connectivity index (χ4v) is 2.75. The lowest BCUT2D eigenvalue weighted by atomic mass is 10.2. The van der Waals surface area contributed by atoms with Crippen LogP contribution in [0.5, 0.6) is 5.75 Å². The number of nitrogen functional groups attached to an aromatic ring is 1. The summed E-state index contributed by atoms with van der Waals surface area (Å²) in [5.41, 5.74) is 5.78. The van der Waals surface area contributed by atoms with E-state index in [0.29, 0.717) is 26.4 Å². The Labute approximate surface area is 152 Å². The van der Waals surface area contributed by atoms with Crippen LogP contribution in [0.3, 0.4) is 0 Å². The Bertz CT molecular complexity index is 717. The molecule has 122 valence electrons. The average molecular weight is 395 g/mol. The van der Waals surface area contributed by atoms with Crippen LogP contribution < -0.4 is 15.8 Å². The molecular weight excluding hydrogens is 384 g/mol. The third-order valence-electron chi connectivity index (χ3n) is 2.73. The SMILES string of the molecule is Nc1ncc(C(=O)NCCOc2c(Cl)cc(Cl)cc2Cl)cc1Cl. The van der Waals surface area contributed by atoms with Gasteiger partial charge in [-0.05, 0) is 18.2 Å². The molecule has 1 amide bonds. The molecular formula is C14H11Cl4N3O2. The van der Waals surface area contributed by atoms with Gasteiger partial charge in [-0.2, -0.15) is 0 Å². The summed E-state index contributed by atoms with van der Waals surface area (Å²) in [4.78, 5) is 15.7. The van der Waals surface area contributed by atoms with Gasteiger partial charge in [-0.15, -0.1) is 0 Å². The molecule has 1 aromatic heterocycles. The molecule has 0 aliphatic carbocycles. The fraction of sp³-hybridized carbons (Fsp3) is 0.143. The van der Waals surface area contributed by atoms with Crippen LogP contribution >= 0.6 is 46.4 Å². The van der Waals surface area contributed by atoms with Crippen molar-refractivity contribution in [2.45, 2.75) is 0 Å². The number of carbonyl (C=O) groups excluding carboxylic acids is 1. The van der Waals surface area contributed by atoms with Crippen LogP contribution in [0.25, 0.3) is 0 Å². The Kier molecular flexibility index (Phi) is 6.18. The first kappa shape index (κ1) is 17.9. The number of rotatable bonds is 5. The summed E-state index contributed by atoms with van der Waals surface area (Å²) in [7, 11) is 0. The first-order chi connectivity index (χ1) is 10.9. The van der Waals surface area contributed by atoms with Crippen molar-refractivity contribution in [2.24, 2.45) is 0 Å². The van der Waals surface area contributed by atoms with Crippen LogP contribution in [0.15, 0.2) is 24.4 Å². The largest absolute Gasteiger partial charge is 0.489 e. The van der Waals surface area contributed by atoms with E-state index in [2.05, 4.69) is 10.3 Å². The van der Waals surface area contributed by atoms with E-state index in [1.165, 1.54) is 24.4 Å². The Balaban J connectivity index is 1.88. The highest BCUT2D eigenvalue weighted by molar-refractivity contribution is 6.40. The summed E-state index contributed by atoms with van der Waals surface area (Å²) in [6.07, 6.45) is 1.34. The fourth-order valence-electron chi connectivity index (χ4n) is 1.66. The maximum atomic E-state index is 11.9. The van der Waals surface area contributed by atoms with Crippen LogP contribution in [0.1, 0.15) is 10.4 Å². The molecule has 1 heterocycles. The van der Waals surface area contributed by atoms with E-state index in [4.69, 9.17) is 56.9 Å². The molecule has 2 rings (SSSR count). The van der Waals surface area contributed by atoms with Gasteiger partial charge in [0.05, 0.1) is 27.2 Å². The van der Waals surface area contributed by atoms with Gasteiger partial charge in [0.2, 0.25) is 0 Å². The number of aromatic nitrogens is 1. The minimum atomic E-state index is -0.351. The number of halogens is 4. The molecule has 23 heavy (non-hydrogen) atoms. The lowest BCUT2D eigenvalue weighted by Gasteiger charge is -2.11. The Morgan fingerprint density at radius 3 is 2.39 bits per heavy atom. The van der Waals surface area contributed by atoms with Crippen LogP contribution in [-0.2, 0) is 0 Å². The molecule has 2 aromatic rings. The van der Waals surface area contributed by atoms with Gasteiger partial charge < -0.3 is 15.8 Å². The van der Waals surface area contributed by atoms with Gasteiger partial charge in [0, 0.05) is 11.2 Å². The zero-order chi connectivity index (χ0) is 17.0. The molecule has 0 spiro atoms. The van der Waals surface area contributed by atoms with Crippen molar-refractivity contribution >= 4 is 58.1 Å². The third kappa shape index (κ3) is 4.78. The number of ether oxygens (including phenoxy) is 1. The van der Waals surface area contributed by atoms with Gasteiger partial charge in [-0.1, -0.05) is 46.4 Å². The van der Waals surface area contributed by atoms with E-state index in [-0.39, 0.29) is 29.9 Å². The molecule has 0 saturated heterocycles. The van der Waals surface area contributed by atoms with Crippen molar-refractivity contribution in [1.29, 1.82) is 0 Å². The molecule has 3 N–H and O–H groups in total. The maximum absolute atomic E-state index is 11.9. The number of hydrogen-bond donors (Lipinski definition) is 2. The van der Waals surface area contributed by atoms with Gasteiger partial charge in [0.25, 0.3) is 5.91 Å². The number of amides is 1. The topological polar surface area (TPSA) is 77.2 Å². The third-order valence-corrected chi connectivity index (χ3v) is 3.81. The Morgan fingerprint density at radius 2 is 1.78 bits per heavy atom. The number of anilines is 1. The zero-order valence-electron chi connectivity index (χ0n) is 11.6. The molecule has 9 heteroatoms. The number of nitrogens with one attached hydrogen (secondary N) is 1. The predicted molar refractivity (Wildman–Crippen MR) is 93.0 cm³/mol. The van der Waals surface area contributed by atoms with E-state index < -0.39 is 0 Å². The standard InChI is InChI=1S/C14H11Cl4N3O2/c15-8-4-9(16)12(10(17)5-8)23-2-1-20-14(22)7-3-11(18)13(19)21-6-7/h3-6H,1-2H2,(H2,19,21)(H,20,22). The first-order valence-electron chi connectivity index (χ1n) is 6.35. The monoisotopic (exact) mass is 393 g/mol. The number of carbonyl (C=O) groups is 1. The number of nitrogens with zero attached hydrogens (tertiary/aromatic N) is 1. The van der Waals surface area contributed by atoms with Crippen molar-refractivity contribution in [3.05, 3.63) is 50.0 Å². The molecule has 0 atom stereocenters. The van der Waals surface area contributed by atoms with Gasteiger partial charge in [0.1, 0.15) is 12.4 Å². The minimum Gasteiger partial charge on any atom is -0.489 e. The molecule has 0 aliphatic rings.